The third-order valence-corrected chi connectivity index (χ3v) is 6.30. The van der Waals surface area contributed by atoms with E-state index in [4.69, 9.17) is 11.5 Å². The van der Waals surface area contributed by atoms with Crippen molar-refractivity contribution in [2.24, 2.45) is 21.5 Å². The molecule has 0 saturated heterocycles. The Morgan fingerprint density at radius 3 is 2.36 bits per heavy atom. The minimum absolute atomic E-state index is 0.185. The lowest BCUT2D eigenvalue weighted by Crippen LogP contribution is -2.58. The van der Waals surface area contributed by atoms with Crippen LogP contribution in [-0.4, -0.2) is 32.3 Å². The first-order valence-corrected chi connectivity index (χ1v) is 10.3. The molecule has 0 radical (unpaired) electrons. The zero-order valence-electron chi connectivity index (χ0n) is 14.9. The van der Waals surface area contributed by atoms with Crippen LogP contribution in [0.2, 0.25) is 0 Å². The highest BCUT2D eigenvalue weighted by molar-refractivity contribution is 7.90. The van der Waals surface area contributed by atoms with Crippen molar-refractivity contribution in [1.82, 2.24) is 0 Å². The molecule has 7 nitrogen and oxygen atoms in total. The maximum Gasteiger partial charge on any atom is 0.220 e. The van der Waals surface area contributed by atoms with Gasteiger partial charge in [0.1, 0.15) is 5.66 Å². The molecule has 1 aliphatic carbocycles. The summed E-state index contributed by atoms with van der Waals surface area (Å²) in [5.74, 6) is 0.455. The molecular formula is C17H25N5O2S. The van der Waals surface area contributed by atoms with E-state index in [9.17, 15) is 8.42 Å². The summed E-state index contributed by atoms with van der Waals surface area (Å²) < 4.78 is 24.3. The molecule has 136 valence electrons. The molecular weight excluding hydrogens is 338 g/mol. The Bertz CT molecular complexity index is 867. The Kier molecular flexibility index (Phi) is 4.26. The number of benzene rings is 1. The number of nitrogens with zero attached hydrogens (tertiary/aromatic N) is 3. The van der Waals surface area contributed by atoms with Crippen molar-refractivity contribution < 1.29 is 8.42 Å². The normalized spacial score (nSPS) is 20.4. The Labute approximate surface area is 148 Å². The fourth-order valence-corrected chi connectivity index (χ4v) is 4.98. The average molecular weight is 363 g/mol. The summed E-state index contributed by atoms with van der Waals surface area (Å²) >= 11 is 0. The predicted octanol–water partition coefficient (Wildman–Crippen LogP) is 1.82. The van der Waals surface area contributed by atoms with Crippen LogP contribution in [0.1, 0.15) is 43.2 Å². The number of sulfone groups is 1. The first-order chi connectivity index (χ1) is 11.7. The lowest BCUT2D eigenvalue weighted by molar-refractivity contribution is 0.305. The Balaban J connectivity index is 2.25. The molecule has 1 fully saturated rings. The molecule has 3 rings (SSSR count). The van der Waals surface area contributed by atoms with Crippen molar-refractivity contribution in [1.29, 1.82) is 0 Å². The van der Waals surface area contributed by atoms with Gasteiger partial charge in [-0.05, 0) is 56.7 Å². The van der Waals surface area contributed by atoms with Gasteiger partial charge in [0, 0.05) is 6.26 Å². The fraction of sp³-hybridized carbons (Fsp3) is 0.529. The van der Waals surface area contributed by atoms with Gasteiger partial charge < -0.3 is 11.5 Å². The van der Waals surface area contributed by atoms with Gasteiger partial charge >= 0.3 is 0 Å². The molecule has 0 atom stereocenters. The summed E-state index contributed by atoms with van der Waals surface area (Å²) in [5, 5.41) is 0. The summed E-state index contributed by atoms with van der Waals surface area (Å²) in [6.45, 7) is 3.75. The van der Waals surface area contributed by atoms with E-state index in [1.165, 1.54) is 6.26 Å². The monoisotopic (exact) mass is 363 g/mol. The van der Waals surface area contributed by atoms with Crippen LogP contribution in [-0.2, 0) is 9.84 Å². The van der Waals surface area contributed by atoms with E-state index in [-0.39, 0.29) is 11.9 Å². The number of aryl methyl sites for hydroxylation is 1. The number of hydrogen-bond donors (Lipinski definition) is 2. The highest BCUT2D eigenvalue weighted by Crippen LogP contribution is 2.42. The van der Waals surface area contributed by atoms with Gasteiger partial charge in [-0.3, -0.25) is 4.90 Å². The van der Waals surface area contributed by atoms with E-state index in [1.807, 2.05) is 24.8 Å². The molecule has 0 aromatic heterocycles. The highest BCUT2D eigenvalue weighted by atomic mass is 32.2. The van der Waals surface area contributed by atoms with Gasteiger partial charge in [0.2, 0.25) is 11.9 Å². The zero-order chi connectivity index (χ0) is 18.4. The second-order valence-electron chi connectivity index (χ2n) is 6.94. The first-order valence-electron chi connectivity index (χ1n) is 8.46. The third kappa shape index (κ3) is 2.99. The van der Waals surface area contributed by atoms with Gasteiger partial charge in [-0.2, -0.15) is 4.99 Å². The van der Waals surface area contributed by atoms with Crippen LogP contribution >= 0.6 is 0 Å². The number of nitrogens with two attached hydrogens (primary N) is 2. The number of hydrogen-bond acceptors (Lipinski definition) is 7. The maximum absolute atomic E-state index is 12.2. The second-order valence-corrected chi connectivity index (χ2v) is 8.93. The van der Waals surface area contributed by atoms with E-state index in [0.717, 1.165) is 43.4 Å². The van der Waals surface area contributed by atoms with E-state index >= 15 is 0 Å². The van der Waals surface area contributed by atoms with Crippen LogP contribution in [0.4, 0.5) is 5.69 Å². The number of anilines is 1. The molecule has 2 aliphatic rings. The van der Waals surface area contributed by atoms with Crippen LogP contribution in [0.3, 0.4) is 0 Å². The Hall–Kier alpha value is -2.09. The molecule has 4 N–H and O–H groups in total. The third-order valence-electron chi connectivity index (χ3n) is 5.06. The van der Waals surface area contributed by atoms with Crippen molar-refractivity contribution in [2.75, 3.05) is 11.2 Å². The van der Waals surface area contributed by atoms with E-state index in [2.05, 4.69) is 9.98 Å². The van der Waals surface area contributed by atoms with Crippen molar-refractivity contribution in [3.05, 3.63) is 23.3 Å². The second kappa shape index (κ2) is 6.01. The zero-order valence-corrected chi connectivity index (χ0v) is 15.7. The summed E-state index contributed by atoms with van der Waals surface area (Å²) in [4.78, 5) is 11.0. The number of rotatable bonds is 2. The molecule has 1 saturated carbocycles. The van der Waals surface area contributed by atoms with E-state index in [1.54, 1.807) is 6.07 Å². The summed E-state index contributed by atoms with van der Waals surface area (Å²) in [6, 6.07) is 3.45. The molecule has 1 spiro atoms. The topological polar surface area (TPSA) is 114 Å². The summed E-state index contributed by atoms with van der Waals surface area (Å²) in [7, 11) is -3.35. The SMILES string of the molecule is Cc1ccc(S(C)(=O)=O)c(C)c1N1C(N)=NC(N)=NC12CCCCC2. The quantitative estimate of drug-likeness (QED) is 0.832. The predicted molar refractivity (Wildman–Crippen MR) is 101 cm³/mol. The highest BCUT2D eigenvalue weighted by Gasteiger charge is 2.43. The minimum Gasteiger partial charge on any atom is -0.369 e. The summed E-state index contributed by atoms with van der Waals surface area (Å²) in [5.41, 5.74) is 14.0. The smallest absolute Gasteiger partial charge is 0.220 e. The molecule has 0 bridgehead atoms. The van der Waals surface area contributed by atoms with Crippen LogP contribution in [0.5, 0.6) is 0 Å². The van der Waals surface area contributed by atoms with E-state index < -0.39 is 15.5 Å². The van der Waals surface area contributed by atoms with Gasteiger partial charge in [0.05, 0.1) is 10.6 Å². The minimum atomic E-state index is -3.35. The average Bonchev–Trinajstić information content (AvgIpc) is 2.49. The molecule has 1 aliphatic heterocycles. The fourth-order valence-electron chi connectivity index (χ4n) is 4.01. The Morgan fingerprint density at radius 1 is 1.12 bits per heavy atom. The van der Waals surface area contributed by atoms with Crippen molar-refractivity contribution in [2.45, 2.75) is 56.5 Å². The molecule has 0 amide bonds. The standard InChI is InChI=1S/C17H25N5O2S/c1-11-7-8-13(25(3,23)24)12(2)14(11)22-16(19)20-15(18)21-17(22)9-5-4-6-10-17/h7-8H,4-6,9-10H2,1-3H3,(H4,18,19,20,21). The van der Waals surface area contributed by atoms with Crippen molar-refractivity contribution in [3.63, 3.8) is 0 Å². The molecule has 8 heteroatoms. The van der Waals surface area contributed by atoms with Crippen molar-refractivity contribution in [3.8, 4) is 0 Å². The summed E-state index contributed by atoms with van der Waals surface area (Å²) in [6.07, 6.45) is 6.02. The van der Waals surface area contributed by atoms with Crippen LogP contribution in [0.15, 0.2) is 27.0 Å². The first kappa shape index (κ1) is 17.7. The van der Waals surface area contributed by atoms with E-state index in [0.29, 0.717) is 10.5 Å². The van der Waals surface area contributed by atoms with Gasteiger partial charge in [-0.25, -0.2) is 13.4 Å². The molecule has 1 heterocycles. The maximum atomic E-state index is 12.2. The van der Waals surface area contributed by atoms with Crippen molar-refractivity contribution >= 4 is 27.4 Å². The van der Waals surface area contributed by atoms with Gasteiger partial charge in [0.15, 0.2) is 9.84 Å². The molecule has 1 aromatic carbocycles. The van der Waals surface area contributed by atoms with Crippen LogP contribution in [0, 0.1) is 13.8 Å². The number of guanidine groups is 2. The van der Waals surface area contributed by atoms with Gasteiger partial charge in [0.25, 0.3) is 0 Å². The Morgan fingerprint density at radius 2 is 1.76 bits per heavy atom. The number of aliphatic imine (C=N–C) groups is 2. The lowest BCUT2D eigenvalue weighted by Gasteiger charge is -2.46. The molecule has 1 aromatic rings. The van der Waals surface area contributed by atoms with Crippen LogP contribution in [0.25, 0.3) is 0 Å². The van der Waals surface area contributed by atoms with Gasteiger partial charge in [-0.1, -0.05) is 12.5 Å². The van der Waals surface area contributed by atoms with Crippen LogP contribution < -0.4 is 16.4 Å². The molecule has 0 unspecified atom stereocenters. The van der Waals surface area contributed by atoms with Gasteiger partial charge in [-0.15, -0.1) is 0 Å². The largest absolute Gasteiger partial charge is 0.369 e. The lowest BCUT2D eigenvalue weighted by atomic mass is 9.86. The molecule has 25 heavy (non-hydrogen) atoms.